The van der Waals surface area contributed by atoms with Crippen LogP contribution in [-0.4, -0.2) is 18.9 Å². The summed E-state index contributed by atoms with van der Waals surface area (Å²) >= 11 is 5.68. The Morgan fingerprint density at radius 2 is 2.26 bits per heavy atom. The van der Waals surface area contributed by atoms with E-state index in [1.807, 2.05) is 0 Å². The Labute approximate surface area is 119 Å². The van der Waals surface area contributed by atoms with Crippen LogP contribution in [0.4, 0.5) is 5.69 Å². The lowest BCUT2D eigenvalue weighted by atomic mass is 9.98. The van der Waals surface area contributed by atoms with E-state index >= 15 is 0 Å². The molecule has 0 heterocycles. The zero-order chi connectivity index (χ0) is 14.0. The fourth-order valence-electron chi connectivity index (χ4n) is 2.85. The molecule has 1 aromatic carbocycles. The number of rotatable bonds is 4. The Morgan fingerprint density at radius 1 is 1.53 bits per heavy atom. The van der Waals surface area contributed by atoms with Crippen molar-refractivity contribution in [2.75, 3.05) is 18.1 Å². The van der Waals surface area contributed by atoms with Crippen molar-refractivity contribution in [3.63, 3.8) is 0 Å². The summed E-state index contributed by atoms with van der Waals surface area (Å²) in [7, 11) is 1.52. The number of alkyl halides is 1. The summed E-state index contributed by atoms with van der Waals surface area (Å²) in [6, 6.07) is 4.29. The Kier molecular flexibility index (Phi) is 4.48. The van der Waals surface area contributed by atoms with Gasteiger partial charge in [0.15, 0.2) is 0 Å². The number of aryl methyl sites for hydroxylation is 1. The van der Waals surface area contributed by atoms with Gasteiger partial charge in [-0.05, 0) is 41.9 Å². The molecule has 0 spiro atoms. The summed E-state index contributed by atoms with van der Waals surface area (Å²) in [4.78, 5) is 17.3. The van der Waals surface area contributed by atoms with E-state index in [0.29, 0.717) is 5.92 Å². The smallest absolute Gasteiger partial charge is 0.265 e. The molecule has 1 atom stereocenters. The normalized spacial score (nSPS) is 17.4. The summed E-state index contributed by atoms with van der Waals surface area (Å²) in [6.45, 7) is 4.31. The molecule has 1 aliphatic carbocycles. The van der Waals surface area contributed by atoms with E-state index in [0.717, 1.165) is 30.5 Å². The Morgan fingerprint density at radius 3 is 2.84 bits per heavy atom. The highest BCUT2D eigenvalue weighted by Gasteiger charge is 2.28. The van der Waals surface area contributed by atoms with Crippen molar-refractivity contribution in [3.8, 4) is 0 Å². The molecule has 0 aromatic heterocycles. The van der Waals surface area contributed by atoms with Crippen LogP contribution in [0.15, 0.2) is 12.1 Å². The number of hydroxylamine groups is 1. The van der Waals surface area contributed by atoms with Crippen molar-refractivity contribution < 1.29 is 9.63 Å². The highest BCUT2D eigenvalue weighted by atomic mass is 35.5. The zero-order valence-corrected chi connectivity index (χ0v) is 12.5. The van der Waals surface area contributed by atoms with Crippen LogP contribution in [0.3, 0.4) is 0 Å². The fourth-order valence-corrected chi connectivity index (χ4v) is 2.96. The number of anilines is 1. The minimum Gasteiger partial charge on any atom is -0.271 e. The Bertz CT molecular complexity index is 487. The maximum atomic E-state index is 12.0. The monoisotopic (exact) mass is 281 g/mol. The number of carbonyl (C=O) groups excluding carboxylic acids is 1. The molecular formula is C15H20ClNO2. The van der Waals surface area contributed by atoms with Gasteiger partial charge in [0, 0.05) is 0 Å². The molecule has 4 heteroatoms. The van der Waals surface area contributed by atoms with Crippen LogP contribution >= 0.6 is 11.6 Å². The third kappa shape index (κ3) is 2.49. The second-order valence-corrected chi connectivity index (χ2v) is 5.21. The number of amides is 1. The number of fused-ring (bicyclic) bond motifs is 1. The molecule has 0 aliphatic heterocycles. The largest absolute Gasteiger partial charge is 0.271 e. The van der Waals surface area contributed by atoms with Gasteiger partial charge in [-0.3, -0.25) is 9.63 Å². The van der Waals surface area contributed by atoms with Gasteiger partial charge >= 0.3 is 0 Å². The van der Waals surface area contributed by atoms with Crippen LogP contribution in [0.25, 0.3) is 0 Å². The number of nitrogens with zero attached hydrogens (tertiary/aromatic N) is 1. The zero-order valence-electron chi connectivity index (χ0n) is 11.7. The molecule has 1 unspecified atom stereocenters. The molecule has 3 nitrogen and oxygen atoms in total. The second-order valence-electron chi connectivity index (χ2n) is 4.94. The van der Waals surface area contributed by atoms with E-state index in [-0.39, 0.29) is 11.8 Å². The van der Waals surface area contributed by atoms with Gasteiger partial charge in [-0.15, -0.1) is 11.6 Å². The number of benzene rings is 1. The minimum atomic E-state index is -0.216. The molecule has 2 rings (SSSR count). The van der Waals surface area contributed by atoms with Crippen LogP contribution in [0, 0.1) is 0 Å². The van der Waals surface area contributed by atoms with Gasteiger partial charge in [0.25, 0.3) is 5.91 Å². The molecule has 0 saturated heterocycles. The van der Waals surface area contributed by atoms with Crippen LogP contribution in [0.2, 0.25) is 0 Å². The first kappa shape index (κ1) is 14.4. The predicted octanol–water partition coefficient (Wildman–Crippen LogP) is 3.43. The lowest BCUT2D eigenvalue weighted by molar-refractivity contribution is -0.122. The average Bonchev–Trinajstić information content (AvgIpc) is 2.81. The van der Waals surface area contributed by atoms with E-state index in [1.54, 1.807) is 0 Å². The molecule has 0 bridgehead atoms. The van der Waals surface area contributed by atoms with E-state index < -0.39 is 0 Å². The van der Waals surface area contributed by atoms with Crippen LogP contribution in [-0.2, 0) is 22.5 Å². The van der Waals surface area contributed by atoms with Crippen molar-refractivity contribution >= 4 is 23.2 Å². The molecule has 1 aliphatic rings. The van der Waals surface area contributed by atoms with Crippen LogP contribution in [0.1, 0.15) is 42.9 Å². The number of carbonyl (C=O) groups is 1. The molecule has 0 N–H and O–H groups in total. The molecule has 0 radical (unpaired) electrons. The third-order valence-electron chi connectivity index (χ3n) is 3.87. The van der Waals surface area contributed by atoms with Crippen molar-refractivity contribution in [1.82, 2.24) is 0 Å². The van der Waals surface area contributed by atoms with E-state index in [9.17, 15) is 4.79 Å². The van der Waals surface area contributed by atoms with E-state index in [4.69, 9.17) is 16.4 Å². The van der Waals surface area contributed by atoms with Crippen LogP contribution < -0.4 is 5.06 Å². The highest BCUT2D eigenvalue weighted by molar-refractivity contribution is 6.29. The first-order valence-corrected chi connectivity index (χ1v) is 7.25. The Hall–Kier alpha value is -1.06. The van der Waals surface area contributed by atoms with Gasteiger partial charge < -0.3 is 0 Å². The molecular weight excluding hydrogens is 262 g/mol. The van der Waals surface area contributed by atoms with Crippen molar-refractivity contribution in [2.45, 2.75) is 39.0 Å². The van der Waals surface area contributed by atoms with Gasteiger partial charge in [-0.25, -0.2) is 0 Å². The number of hydrogen-bond donors (Lipinski definition) is 0. The summed E-state index contributed by atoms with van der Waals surface area (Å²) in [5.41, 5.74) is 4.62. The lowest BCUT2D eigenvalue weighted by Gasteiger charge is -2.24. The predicted molar refractivity (Wildman–Crippen MR) is 77.8 cm³/mol. The van der Waals surface area contributed by atoms with Gasteiger partial charge in [-0.1, -0.05) is 26.0 Å². The Balaban J connectivity index is 2.56. The maximum absolute atomic E-state index is 12.0. The molecule has 1 amide bonds. The number of hydrogen-bond acceptors (Lipinski definition) is 2. The first-order valence-electron chi connectivity index (χ1n) is 6.71. The van der Waals surface area contributed by atoms with Gasteiger partial charge in [0.05, 0.1) is 12.8 Å². The highest BCUT2D eigenvalue weighted by Crippen LogP contribution is 2.40. The summed E-state index contributed by atoms with van der Waals surface area (Å²) in [5, 5.41) is 1.36. The summed E-state index contributed by atoms with van der Waals surface area (Å²) < 4.78 is 0. The molecule has 1 aromatic rings. The van der Waals surface area contributed by atoms with Gasteiger partial charge in [-0.2, -0.15) is 5.06 Å². The van der Waals surface area contributed by atoms with Gasteiger partial charge in [0.2, 0.25) is 0 Å². The standard InChI is InChI=1S/C15H20ClNO2/c1-4-11-6-8-12-10(2)5-7-13(12)15(11)17(19-3)14(18)9-16/h6,8,10H,4-5,7,9H2,1-3H3. The maximum Gasteiger partial charge on any atom is 0.265 e. The van der Waals surface area contributed by atoms with E-state index in [2.05, 4.69) is 26.0 Å². The summed E-state index contributed by atoms with van der Waals surface area (Å²) in [6.07, 6.45) is 2.99. The van der Waals surface area contributed by atoms with Crippen molar-refractivity contribution in [1.29, 1.82) is 0 Å². The molecule has 0 fully saturated rings. The average molecular weight is 282 g/mol. The summed E-state index contributed by atoms with van der Waals surface area (Å²) in [5.74, 6) is 0.257. The second kappa shape index (κ2) is 5.93. The minimum absolute atomic E-state index is 0.0732. The van der Waals surface area contributed by atoms with Gasteiger partial charge in [0.1, 0.15) is 5.88 Å². The van der Waals surface area contributed by atoms with Crippen molar-refractivity contribution in [2.24, 2.45) is 0 Å². The fraction of sp³-hybridized carbons (Fsp3) is 0.533. The third-order valence-corrected chi connectivity index (χ3v) is 4.10. The first-order chi connectivity index (χ1) is 9.13. The SMILES string of the molecule is CCc1ccc2c(c1N(OC)C(=O)CCl)CCC2C. The topological polar surface area (TPSA) is 29.5 Å². The number of halogens is 1. The molecule has 104 valence electrons. The lowest BCUT2D eigenvalue weighted by Crippen LogP contribution is -2.32. The van der Waals surface area contributed by atoms with E-state index in [1.165, 1.54) is 23.3 Å². The quantitative estimate of drug-likeness (QED) is 0.625. The molecule has 19 heavy (non-hydrogen) atoms. The van der Waals surface area contributed by atoms with Crippen molar-refractivity contribution in [3.05, 3.63) is 28.8 Å². The van der Waals surface area contributed by atoms with Crippen LogP contribution in [0.5, 0.6) is 0 Å². The molecule has 0 saturated carbocycles.